The zero-order valence-electron chi connectivity index (χ0n) is 20.0. The van der Waals surface area contributed by atoms with E-state index in [9.17, 15) is 9.59 Å². The maximum absolute atomic E-state index is 13.4. The SMILES string of the molecule is COc1ccc(OC)c(-c2cc(C(=O)N(CCC(=O)N3CCCCC3)C[C@@H]3CCCO3)no2)c1. The molecule has 0 saturated carbocycles. The van der Waals surface area contributed by atoms with Crippen LogP contribution in [0.4, 0.5) is 0 Å². The van der Waals surface area contributed by atoms with E-state index < -0.39 is 0 Å². The molecule has 9 nitrogen and oxygen atoms in total. The van der Waals surface area contributed by atoms with E-state index in [1.54, 1.807) is 43.4 Å². The fraction of sp³-hybridized carbons (Fsp3) is 0.560. The number of piperidine rings is 1. The molecule has 0 radical (unpaired) electrons. The van der Waals surface area contributed by atoms with E-state index in [1.165, 1.54) is 6.42 Å². The molecule has 1 aromatic carbocycles. The van der Waals surface area contributed by atoms with Gasteiger partial charge < -0.3 is 28.5 Å². The largest absolute Gasteiger partial charge is 0.497 e. The maximum atomic E-state index is 13.4. The molecule has 2 aromatic rings. The molecule has 2 aliphatic heterocycles. The molecule has 1 aromatic heterocycles. The third-order valence-electron chi connectivity index (χ3n) is 6.44. The number of nitrogens with zero attached hydrogens (tertiary/aromatic N) is 3. The van der Waals surface area contributed by atoms with Gasteiger partial charge in [-0.25, -0.2) is 0 Å². The van der Waals surface area contributed by atoms with Crippen LogP contribution < -0.4 is 9.47 Å². The Kier molecular flexibility index (Phi) is 8.05. The van der Waals surface area contributed by atoms with Crippen LogP contribution in [-0.4, -0.2) is 79.9 Å². The summed E-state index contributed by atoms with van der Waals surface area (Å²) in [5, 5.41) is 4.04. The number of benzene rings is 1. The summed E-state index contributed by atoms with van der Waals surface area (Å²) in [5.41, 5.74) is 0.822. The van der Waals surface area contributed by atoms with Gasteiger partial charge in [-0.2, -0.15) is 0 Å². The number of rotatable bonds is 9. The van der Waals surface area contributed by atoms with Gasteiger partial charge in [0.2, 0.25) is 5.91 Å². The Morgan fingerprint density at radius 2 is 1.94 bits per heavy atom. The monoisotopic (exact) mass is 471 g/mol. The summed E-state index contributed by atoms with van der Waals surface area (Å²) in [4.78, 5) is 29.7. The molecule has 2 fully saturated rings. The van der Waals surface area contributed by atoms with E-state index in [1.807, 2.05) is 4.90 Å². The number of hydrogen-bond donors (Lipinski definition) is 0. The molecule has 0 N–H and O–H groups in total. The molecule has 0 aliphatic carbocycles. The van der Waals surface area contributed by atoms with Crippen LogP contribution >= 0.6 is 0 Å². The van der Waals surface area contributed by atoms with E-state index in [2.05, 4.69) is 5.16 Å². The van der Waals surface area contributed by atoms with Crippen molar-refractivity contribution in [1.82, 2.24) is 15.0 Å². The topological polar surface area (TPSA) is 94.3 Å². The highest BCUT2D eigenvalue weighted by Crippen LogP contribution is 2.34. The predicted octanol–water partition coefficient (Wildman–Crippen LogP) is 3.38. The molecule has 34 heavy (non-hydrogen) atoms. The molecule has 9 heteroatoms. The number of ether oxygens (including phenoxy) is 3. The van der Waals surface area contributed by atoms with Crippen molar-refractivity contribution in [2.75, 3.05) is 47.0 Å². The van der Waals surface area contributed by atoms with Crippen LogP contribution in [0.15, 0.2) is 28.8 Å². The molecule has 184 valence electrons. The van der Waals surface area contributed by atoms with Gasteiger partial charge in [0.05, 0.1) is 25.9 Å². The highest BCUT2D eigenvalue weighted by molar-refractivity contribution is 5.93. The molecule has 2 saturated heterocycles. The first kappa shape index (κ1) is 24.1. The van der Waals surface area contributed by atoms with Crippen molar-refractivity contribution >= 4 is 11.8 Å². The predicted molar refractivity (Wildman–Crippen MR) is 125 cm³/mol. The number of aromatic nitrogens is 1. The van der Waals surface area contributed by atoms with Crippen LogP contribution in [-0.2, 0) is 9.53 Å². The number of hydrogen-bond acceptors (Lipinski definition) is 7. The number of methoxy groups -OCH3 is 2. The van der Waals surface area contributed by atoms with Crippen molar-refractivity contribution in [1.29, 1.82) is 0 Å². The first-order valence-corrected chi connectivity index (χ1v) is 12.0. The summed E-state index contributed by atoms with van der Waals surface area (Å²) in [6.07, 6.45) is 5.38. The lowest BCUT2D eigenvalue weighted by atomic mass is 10.1. The van der Waals surface area contributed by atoms with Gasteiger partial charge in [-0.1, -0.05) is 5.16 Å². The Morgan fingerprint density at radius 1 is 1.12 bits per heavy atom. The van der Waals surface area contributed by atoms with Gasteiger partial charge in [-0.3, -0.25) is 9.59 Å². The summed E-state index contributed by atoms with van der Waals surface area (Å²) in [5.74, 6) is 1.43. The number of likely N-dealkylation sites (tertiary alicyclic amines) is 1. The third kappa shape index (κ3) is 5.70. The fourth-order valence-corrected chi connectivity index (χ4v) is 4.51. The molecular weight excluding hydrogens is 438 g/mol. The Morgan fingerprint density at radius 3 is 2.65 bits per heavy atom. The molecule has 2 aliphatic rings. The minimum atomic E-state index is -0.279. The molecule has 0 unspecified atom stereocenters. The Hall–Kier alpha value is -3.07. The smallest absolute Gasteiger partial charge is 0.276 e. The average molecular weight is 472 g/mol. The van der Waals surface area contributed by atoms with E-state index in [-0.39, 0.29) is 30.0 Å². The fourth-order valence-electron chi connectivity index (χ4n) is 4.51. The second-order valence-corrected chi connectivity index (χ2v) is 8.72. The summed E-state index contributed by atoms with van der Waals surface area (Å²) < 4.78 is 22.0. The quantitative estimate of drug-likeness (QED) is 0.553. The average Bonchev–Trinajstić information content (AvgIpc) is 3.58. The number of carbonyl (C=O) groups excluding carboxylic acids is 2. The van der Waals surface area contributed by atoms with Crippen LogP contribution in [0.5, 0.6) is 11.5 Å². The standard InChI is InChI=1S/C25H33N3O6/c1-31-18-8-9-22(32-2)20(15-18)23-16-21(26-34-23)25(30)28(17-19-7-6-14-33-19)13-10-24(29)27-11-4-3-5-12-27/h8-9,15-16,19H,3-7,10-14,17H2,1-2H3/t19-/m0/s1. The van der Waals surface area contributed by atoms with Crippen LogP contribution in [0, 0.1) is 0 Å². The molecule has 1 atom stereocenters. The van der Waals surface area contributed by atoms with Gasteiger partial charge in [-0.15, -0.1) is 0 Å². The zero-order valence-corrected chi connectivity index (χ0v) is 20.0. The second-order valence-electron chi connectivity index (χ2n) is 8.72. The Labute approximate surface area is 199 Å². The number of amides is 2. The maximum Gasteiger partial charge on any atom is 0.276 e. The van der Waals surface area contributed by atoms with Gasteiger partial charge in [0.15, 0.2) is 11.5 Å². The van der Waals surface area contributed by atoms with E-state index in [0.29, 0.717) is 42.5 Å². The molecule has 2 amide bonds. The Bertz CT molecular complexity index is 979. The van der Waals surface area contributed by atoms with Crippen LogP contribution in [0.25, 0.3) is 11.3 Å². The van der Waals surface area contributed by atoms with Gasteiger partial charge in [0.25, 0.3) is 5.91 Å². The summed E-state index contributed by atoms with van der Waals surface area (Å²) in [6, 6.07) is 6.94. The Balaban J connectivity index is 1.49. The van der Waals surface area contributed by atoms with Crippen molar-refractivity contribution in [3.05, 3.63) is 30.0 Å². The van der Waals surface area contributed by atoms with E-state index >= 15 is 0 Å². The van der Waals surface area contributed by atoms with Gasteiger partial charge >= 0.3 is 0 Å². The lowest BCUT2D eigenvalue weighted by molar-refractivity contribution is -0.132. The summed E-state index contributed by atoms with van der Waals surface area (Å²) >= 11 is 0. The normalized spacial score (nSPS) is 18.1. The van der Waals surface area contributed by atoms with Gasteiger partial charge in [0, 0.05) is 45.3 Å². The second kappa shape index (κ2) is 11.4. The lowest BCUT2D eigenvalue weighted by Gasteiger charge is -2.29. The molecule has 3 heterocycles. The lowest BCUT2D eigenvalue weighted by Crippen LogP contribution is -2.42. The van der Waals surface area contributed by atoms with Crippen LogP contribution in [0.3, 0.4) is 0 Å². The molecular formula is C25H33N3O6. The van der Waals surface area contributed by atoms with Crippen molar-refractivity contribution in [2.24, 2.45) is 0 Å². The third-order valence-corrected chi connectivity index (χ3v) is 6.44. The first-order chi connectivity index (χ1) is 16.6. The van der Waals surface area contributed by atoms with Gasteiger partial charge in [-0.05, 0) is 50.3 Å². The molecule has 0 bridgehead atoms. The highest BCUT2D eigenvalue weighted by atomic mass is 16.5. The van der Waals surface area contributed by atoms with E-state index in [4.69, 9.17) is 18.7 Å². The molecule has 0 spiro atoms. The van der Waals surface area contributed by atoms with Gasteiger partial charge in [0.1, 0.15) is 11.5 Å². The summed E-state index contributed by atoms with van der Waals surface area (Å²) in [7, 11) is 3.14. The van der Waals surface area contributed by atoms with Crippen LogP contribution in [0.2, 0.25) is 0 Å². The minimum Gasteiger partial charge on any atom is -0.497 e. The van der Waals surface area contributed by atoms with Crippen molar-refractivity contribution < 1.29 is 28.3 Å². The molecule has 4 rings (SSSR count). The zero-order chi connectivity index (χ0) is 23.9. The van der Waals surface area contributed by atoms with Crippen molar-refractivity contribution in [3.8, 4) is 22.8 Å². The van der Waals surface area contributed by atoms with Crippen molar-refractivity contribution in [3.63, 3.8) is 0 Å². The van der Waals surface area contributed by atoms with E-state index in [0.717, 1.165) is 38.8 Å². The first-order valence-electron chi connectivity index (χ1n) is 12.0. The van der Waals surface area contributed by atoms with Crippen LogP contribution in [0.1, 0.15) is 49.0 Å². The van der Waals surface area contributed by atoms with Crippen molar-refractivity contribution in [2.45, 2.75) is 44.6 Å². The highest BCUT2D eigenvalue weighted by Gasteiger charge is 2.27. The number of carbonyl (C=O) groups is 2. The summed E-state index contributed by atoms with van der Waals surface area (Å²) in [6.45, 7) is 3.04. The minimum absolute atomic E-state index is 0.0288.